The van der Waals surface area contributed by atoms with Crippen LogP contribution in [0.5, 0.6) is 0 Å². The first kappa shape index (κ1) is 8.75. The van der Waals surface area contributed by atoms with E-state index in [0.29, 0.717) is 6.04 Å². The van der Waals surface area contributed by atoms with Gasteiger partial charge in [-0.3, -0.25) is 0 Å². The Morgan fingerprint density at radius 1 is 1.73 bits per heavy atom. The molecular weight excluding hydrogens is 136 g/mol. The predicted molar refractivity (Wildman–Crippen MR) is 48.7 cm³/mol. The Morgan fingerprint density at radius 3 is 3.09 bits per heavy atom. The summed E-state index contributed by atoms with van der Waals surface area (Å²) in [6.07, 6.45) is 3.79. The molecule has 0 bridgehead atoms. The fourth-order valence-electron chi connectivity index (χ4n) is 1.60. The predicted octanol–water partition coefficient (Wildman–Crippen LogP) is 0.904. The van der Waals surface area contributed by atoms with Crippen LogP contribution in [0.4, 0.5) is 0 Å². The number of likely N-dealkylation sites (N-methyl/N-ethyl adjacent to an activating group) is 1. The maximum Gasteiger partial charge on any atom is 0.0159 e. The van der Waals surface area contributed by atoms with Gasteiger partial charge in [0.05, 0.1) is 0 Å². The van der Waals surface area contributed by atoms with E-state index in [9.17, 15) is 0 Å². The average Bonchev–Trinajstić information content (AvgIpc) is 2.40. The second-order valence-electron chi connectivity index (χ2n) is 3.28. The number of nitrogens with one attached hydrogen (secondary N) is 2. The lowest BCUT2D eigenvalue weighted by atomic mass is 10.1. The lowest BCUT2D eigenvalue weighted by molar-refractivity contribution is 0.590. The first-order chi connectivity index (χ1) is 5.33. The topological polar surface area (TPSA) is 24.1 Å². The van der Waals surface area contributed by atoms with Crippen molar-refractivity contribution in [3.63, 3.8) is 0 Å². The van der Waals surface area contributed by atoms with E-state index < -0.39 is 0 Å². The third-order valence-electron chi connectivity index (χ3n) is 2.12. The summed E-state index contributed by atoms with van der Waals surface area (Å²) in [4.78, 5) is 0. The maximum absolute atomic E-state index is 4.01. The molecule has 0 aromatic carbocycles. The molecule has 0 amide bonds. The van der Waals surface area contributed by atoms with E-state index in [0.717, 1.165) is 13.0 Å². The van der Waals surface area contributed by atoms with Crippen molar-refractivity contribution in [2.45, 2.75) is 25.3 Å². The molecule has 11 heavy (non-hydrogen) atoms. The van der Waals surface area contributed by atoms with Gasteiger partial charge in [-0.05, 0) is 32.9 Å². The summed E-state index contributed by atoms with van der Waals surface area (Å²) in [6, 6.07) is 0.704. The minimum atomic E-state index is 0.704. The van der Waals surface area contributed by atoms with Gasteiger partial charge in [-0.2, -0.15) is 0 Å². The molecule has 0 aromatic rings. The average molecular weight is 154 g/mol. The molecule has 1 heterocycles. The van der Waals surface area contributed by atoms with E-state index in [-0.39, 0.29) is 0 Å². The fraction of sp³-hybridized carbons (Fsp3) is 0.778. The molecule has 1 aliphatic rings. The van der Waals surface area contributed by atoms with E-state index in [1.54, 1.807) is 0 Å². The van der Waals surface area contributed by atoms with Gasteiger partial charge in [-0.1, -0.05) is 12.2 Å². The molecule has 1 atom stereocenters. The summed E-state index contributed by atoms with van der Waals surface area (Å²) < 4.78 is 0. The largest absolute Gasteiger partial charge is 0.316 e. The second kappa shape index (κ2) is 4.52. The molecule has 2 nitrogen and oxygen atoms in total. The zero-order chi connectivity index (χ0) is 8.10. The summed E-state index contributed by atoms with van der Waals surface area (Å²) in [7, 11) is 1.97. The van der Waals surface area contributed by atoms with Crippen molar-refractivity contribution >= 4 is 0 Å². The highest BCUT2D eigenvalue weighted by atomic mass is 14.9. The normalized spacial score (nSPS) is 23.9. The Labute approximate surface area is 69.1 Å². The Hall–Kier alpha value is -0.340. The van der Waals surface area contributed by atoms with E-state index in [2.05, 4.69) is 17.2 Å². The van der Waals surface area contributed by atoms with Gasteiger partial charge >= 0.3 is 0 Å². The van der Waals surface area contributed by atoms with Crippen LogP contribution in [0.1, 0.15) is 19.3 Å². The van der Waals surface area contributed by atoms with Gasteiger partial charge < -0.3 is 10.6 Å². The quantitative estimate of drug-likeness (QED) is 0.588. The number of rotatable bonds is 4. The minimum absolute atomic E-state index is 0.704. The molecule has 0 aliphatic carbocycles. The third-order valence-corrected chi connectivity index (χ3v) is 2.12. The molecule has 1 saturated heterocycles. The van der Waals surface area contributed by atoms with Crippen molar-refractivity contribution in [2.24, 2.45) is 0 Å². The molecule has 2 N–H and O–H groups in total. The lowest BCUT2D eigenvalue weighted by Gasteiger charge is -2.11. The Bertz CT molecular complexity index is 126. The van der Waals surface area contributed by atoms with Gasteiger partial charge in [0, 0.05) is 12.6 Å². The third kappa shape index (κ3) is 3.04. The Kier molecular flexibility index (Phi) is 3.60. The molecule has 1 fully saturated rings. The number of hydrogen-bond donors (Lipinski definition) is 2. The Morgan fingerprint density at radius 2 is 2.55 bits per heavy atom. The van der Waals surface area contributed by atoms with Crippen molar-refractivity contribution in [1.29, 1.82) is 0 Å². The molecular formula is C9H18N2. The zero-order valence-electron chi connectivity index (χ0n) is 7.32. The molecule has 0 aromatic heterocycles. The molecule has 2 heteroatoms. The summed E-state index contributed by atoms with van der Waals surface area (Å²) >= 11 is 0. The molecule has 0 spiro atoms. The first-order valence-corrected chi connectivity index (χ1v) is 4.37. The van der Waals surface area contributed by atoms with Crippen LogP contribution >= 0.6 is 0 Å². The van der Waals surface area contributed by atoms with Crippen LogP contribution in [-0.4, -0.2) is 26.2 Å². The van der Waals surface area contributed by atoms with E-state index >= 15 is 0 Å². The molecule has 1 unspecified atom stereocenters. The van der Waals surface area contributed by atoms with Gasteiger partial charge in [0.1, 0.15) is 0 Å². The second-order valence-corrected chi connectivity index (χ2v) is 3.28. The van der Waals surface area contributed by atoms with Crippen molar-refractivity contribution in [3.05, 3.63) is 12.2 Å². The molecule has 1 aliphatic heterocycles. The summed E-state index contributed by atoms with van der Waals surface area (Å²) in [5, 5.41) is 6.57. The lowest BCUT2D eigenvalue weighted by Crippen LogP contribution is -2.23. The van der Waals surface area contributed by atoms with E-state index in [1.165, 1.54) is 25.0 Å². The van der Waals surface area contributed by atoms with Crippen molar-refractivity contribution < 1.29 is 0 Å². The van der Waals surface area contributed by atoms with Crippen LogP contribution in [-0.2, 0) is 0 Å². The number of hydrogen-bond acceptors (Lipinski definition) is 2. The molecule has 1 rings (SSSR count). The van der Waals surface area contributed by atoms with Crippen LogP contribution in [0, 0.1) is 0 Å². The smallest absolute Gasteiger partial charge is 0.0159 e. The summed E-state index contributed by atoms with van der Waals surface area (Å²) in [5.41, 5.74) is 1.31. The van der Waals surface area contributed by atoms with Gasteiger partial charge in [0.25, 0.3) is 0 Å². The molecule has 0 saturated carbocycles. The van der Waals surface area contributed by atoms with Crippen LogP contribution in [0.15, 0.2) is 12.2 Å². The fourth-order valence-corrected chi connectivity index (χ4v) is 1.60. The van der Waals surface area contributed by atoms with Crippen LogP contribution in [0.2, 0.25) is 0 Å². The maximum atomic E-state index is 4.01. The standard InChI is InChI=1S/C9H18N2/c1-8(7-10-2)6-9-4-3-5-11-9/h9-11H,1,3-7H2,2H3. The minimum Gasteiger partial charge on any atom is -0.316 e. The highest BCUT2D eigenvalue weighted by molar-refractivity contribution is 5.00. The summed E-state index contributed by atoms with van der Waals surface area (Å²) in [5.74, 6) is 0. The van der Waals surface area contributed by atoms with Crippen molar-refractivity contribution in [3.8, 4) is 0 Å². The molecule has 0 radical (unpaired) electrons. The molecule has 64 valence electrons. The highest BCUT2D eigenvalue weighted by Crippen LogP contribution is 2.12. The monoisotopic (exact) mass is 154 g/mol. The van der Waals surface area contributed by atoms with Gasteiger partial charge in [0.2, 0.25) is 0 Å². The summed E-state index contributed by atoms with van der Waals surface area (Å²) in [6.45, 7) is 6.15. The first-order valence-electron chi connectivity index (χ1n) is 4.37. The van der Waals surface area contributed by atoms with Gasteiger partial charge in [-0.15, -0.1) is 0 Å². The van der Waals surface area contributed by atoms with E-state index in [4.69, 9.17) is 0 Å². The highest BCUT2D eigenvalue weighted by Gasteiger charge is 2.13. The van der Waals surface area contributed by atoms with Crippen LogP contribution in [0.25, 0.3) is 0 Å². The van der Waals surface area contributed by atoms with Gasteiger partial charge in [0.15, 0.2) is 0 Å². The SMILES string of the molecule is C=C(CNC)CC1CCCN1. The Balaban J connectivity index is 2.13. The van der Waals surface area contributed by atoms with Gasteiger partial charge in [-0.25, -0.2) is 0 Å². The van der Waals surface area contributed by atoms with E-state index in [1.807, 2.05) is 7.05 Å². The van der Waals surface area contributed by atoms with Crippen molar-refractivity contribution in [2.75, 3.05) is 20.1 Å². The van der Waals surface area contributed by atoms with Crippen LogP contribution < -0.4 is 10.6 Å². The van der Waals surface area contributed by atoms with Crippen molar-refractivity contribution in [1.82, 2.24) is 10.6 Å². The van der Waals surface area contributed by atoms with Crippen LogP contribution in [0.3, 0.4) is 0 Å². The zero-order valence-corrected chi connectivity index (χ0v) is 7.32.